The van der Waals surface area contributed by atoms with Gasteiger partial charge in [-0.2, -0.15) is 0 Å². The number of aromatic nitrogens is 1. The molecule has 2 aromatic rings. The third kappa shape index (κ3) is 4.56. The van der Waals surface area contributed by atoms with Crippen LogP contribution in [0.1, 0.15) is 35.7 Å². The van der Waals surface area contributed by atoms with Gasteiger partial charge in [-0.05, 0) is 49.6 Å². The Balaban J connectivity index is 1.61. The molecule has 1 aliphatic carbocycles. The summed E-state index contributed by atoms with van der Waals surface area (Å²) >= 11 is 0. The summed E-state index contributed by atoms with van der Waals surface area (Å²) in [6.07, 6.45) is 3.53. The molecule has 1 aromatic carbocycles. The molecule has 2 N–H and O–H groups in total. The molecule has 0 spiro atoms. The number of rotatable bonds is 7. The third-order valence-electron chi connectivity index (χ3n) is 3.89. The number of amides is 2. The summed E-state index contributed by atoms with van der Waals surface area (Å²) in [5.74, 6) is 0.306. The Bertz CT molecular complexity index is 772. The molecule has 6 nitrogen and oxygen atoms in total. The van der Waals surface area contributed by atoms with Gasteiger partial charge in [0.05, 0.1) is 6.61 Å². The molecule has 0 aliphatic heterocycles. The molecule has 1 heterocycles. The van der Waals surface area contributed by atoms with Crippen molar-refractivity contribution in [3.8, 4) is 5.88 Å². The van der Waals surface area contributed by atoms with Crippen molar-refractivity contribution in [3.05, 3.63) is 53.7 Å². The van der Waals surface area contributed by atoms with Crippen LogP contribution < -0.4 is 15.4 Å². The van der Waals surface area contributed by atoms with E-state index in [1.165, 1.54) is 0 Å². The number of carbonyl (C=O) groups is 2. The lowest BCUT2D eigenvalue weighted by Gasteiger charge is -2.10. The number of benzene rings is 1. The van der Waals surface area contributed by atoms with Crippen LogP contribution in [0.25, 0.3) is 0 Å². The van der Waals surface area contributed by atoms with Gasteiger partial charge in [-0.15, -0.1) is 0 Å². The molecule has 0 bridgehead atoms. The standard InChI is InChI=1S/C19H21N3O3/c1-2-25-19-16(7-4-10-20-19)18(24)21-12-13-5-3-6-15(11-13)22-17(23)14-8-9-14/h3-7,10-11,14H,2,8-9,12H2,1H3,(H,21,24)(H,22,23). The summed E-state index contributed by atoms with van der Waals surface area (Å²) in [6, 6.07) is 10.9. The van der Waals surface area contributed by atoms with Gasteiger partial charge in [0.2, 0.25) is 11.8 Å². The number of ether oxygens (including phenoxy) is 1. The molecular weight excluding hydrogens is 318 g/mol. The monoisotopic (exact) mass is 339 g/mol. The number of nitrogens with one attached hydrogen (secondary N) is 2. The minimum atomic E-state index is -0.246. The Morgan fingerprint density at radius 2 is 2.08 bits per heavy atom. The zero-order chi connectivity index (χ0) is 17.6. The van der Waals surface area contributed by atoms with Gasteiger partial charge in [0.1, 0.15) is 5.56 Å². The molecule has 2 amide bonds. The Labute approximate surface area is 146 Å². The van der Waals surface area contributed by atoms with Crippen molar-refractivity contribution >= 4 is 17.5 Å². The van der Waals surface area contributed by atoms with E-state index in [4.69, 9.17) is 4.74 Å². The van der Waals surface area contributed by atoms with Crippen molar-refractivity contribution < 1.29 is 14.3 Å². The van der Waals surface area contributed by atoms with Gasteiger partial charge in [0.15, 0.2) is 0 Å². The van der Waals surface area contributed by atoms with Gasteiger partial charge in [-0.25, -0.2) is 4.98 Å². The van der Waals surface area contributed by atoms with Gasteiger partial charge in [0, 0.05) is 24.3 Å². The first-order valence-corrected chi connectivity index (χ1v) is 8.43. The molecule has 1 aliphatic rings. The summed E-state index contributed by atoms with van der Waals surface area (Å²) in [5.41, 5.74) is 2.06. The second kappa shape index (κ2) is 7.79. The maximum Gasteiger partial charge on any atom is 0.257 e. The molecule has 1 fully saturated rings. The maximum absolute atomic E-state index is 12.4. The minimum absolute atomic E-state index is 0.0675. The first kappa shape index (κ1) is 17.0. The van der Waals surface area contributed by atoms with Crippen molar-refractivity contribution in [2.45, 2.75) is 26.3 Å². The van der Waals surface area contributed by atoms with Crippen LogP contribution in [-0.2, 0) is 11.3 Å². The number of hydrogen-bond donors (Lipinski definition) is 2. The minimum Gasteiger partial charge on any atom is -0.477 e. The smallest absolute Gasteiger partial charge is 0.257 e. The number of carbonyl (C=O) groups excluding carboxylic acids is 2. The molecule has 1 aromatic heterocycles. The van der Waals surface area contributed by atoms with E-state index in [-0.39, 0.29) is 17.7 Å². The Morgan fingerprint density at radius 3 is 2.84 bits per heavy atom. The fraction of sp³-hybridized carbons (Fsp3) is 0.316. The lowest BCUT2D eigenvalue weighted by atomic mass is 10.2. The molecular formula is C19H21N3O3. The highest BCUT2D eigenvalue weighted by Gasteiger charge is 2.29. The normalized spacial score (nSPS) is 13.2. The van der Waals surface area contributed by atoms with E-state index in [0.717, 1.165) is 24.1 Å². The second-order valence-electron chi connectivity index (χ2n) is 5.94. The van der Waals surface area contributed by atoms with E-state index in [2.05, 4.69) is 15.6 Å². The van der Waals surface area contributed by atoms with Crippen LogP contribution in [-0.4, -0.2) is 23.4 Å². The van der Waals surface area contributed by atoms with Gasteiger partial charge >= 0.3 is 0 Å². The molecule has 6 heteroatoms. The number of anilines is 1. The highest BCUT2D eigenvalue weighted by atomic mass is 16.5. The molecule has 0 saturated heterocycles. The second-order valence-corrected chi connectivity index (χ2v) is 5.94. The molecule has 0 radical (unpaired) electrons. The predicted molar refractivity (Wildman–Crippen MR) is 94.4 cm³/mol. The van der Waals surface area contributed by atoms with Crippen LogP contribution >= 0.6 is 0 Å². The first-order valence-electron chi connectivity index (χ1n) is 8.43. The van der Waals surface area contributed by atoms with Gasteiger partial charge < -0.3 is 15.4 Å². The highest BCUT2D eigenvalue weighted by Crippen LogP contribution is 2.30. The van der Waals surface area contributed by atoms with Crippen molar-refractivity contribution in [2.75, 3.05) is 11.9 Å². The zero-order valence-electron chi connectivity index (χ0n) is 14.1. The third-order valence-corrected chi connectivity index (χ3v) is 3.89. The summed E-state index contributed by atoms with van der Waals surface area (Å²) in [5, 5.41) is 5.77. The van der Waals surface area contributed by atoms with Crippen molar-refractivity contribution in [2.24, 2.45) is 5.92 Å². The maximum atomic E-state index is 12.4. The number of hydrogen-bond acceptors (Lipinski definition) is 4. The fourth-order valence-corrected chi connectivity index (χ4v) is 2.44. The summed E-state index contributed by atoms with van der Waals surface area (Å²) in [7, 11) is 0. The van der Waals surface area contributed by atoms with E-state index in [1.54, 1.807) is 18.3 Å². The Hall–Kier alpha value is -2.89. The average molecular weight is 339 g/mol. The van der Waals surface area contributed by atoms with E-state index in [1.807, 2.05) is 31.2 Å². The van der Waals surface area contributed by atoms with E-state index in [0.29, 0.717) is 24.6 Å². The molecule has 0 atom stereocenters. The van der Waals surface area contributed by atoms with Crippen LogP contribution in [0.5, 0.6) is 5.88 Å². The molecule has 3 rings (SSSR count). The Morgan fingerprint density at radius 1 is 1.24 bits per heavy atom. The lowest BCUT2D eigenvalue weighted by molar-refractivity contribution is -0.117. The van der Waals surface area contributed by atoms with E-state index in [9.17, 15) is 9.59 Å². The van der Waals surface area contributed by atoms with E-state index < -0.39 is 0 Å². The van der Waals surface area contributed by atoms with Crippen LogP contribution in [0.3, 0.4) is 0 Å². The lowest BCUT2D eigenvalue weighted by Crippen LogP contribution is -2.24. The number of nitrogens with zero attached hydrogens (tertiary/aromatic N) is 1. The van der Waals surface area contributed by atoms with Gasteiger partial charge in [0.25, 0.3) is 5.91 Å². The summed E-state index contributed by atoms with van der Waals surface area (Å²) < 4.78 is 5.38. The van der Waals surface area contributed by atoms with Gasteiger partial charge in [-0.1, -0.05) is 12.1 Å². The Kier molecular flexibility index (Phi) is 5.28. The van der Waals surface area contributed by atoms with Crippen LogP contribution in [0.15, 0.2) is 42.6 Å². The van der Waals surface area contributed by atoms with Crippen LogP contribution in [0.2, 0.25) is 0 Å². The van der Waals surface area contributed by atoms with Crippen molar-refractivity contribution in [3.63, 3.8) is 0 Å². The molecule has 25 heavy (non-hydrogen) atoms. The quantitative estimate of drug-likeness (QED) is 0.813. The SMILES string of the molecule is CCOc1ncccc1C(=O)NCc1cccc(NC(=O)C2CC2)c1. The summed E-state index contributed by atoms with van der Waals surface area (Å²) in [4.78, 5) is 28.3. The topological polar surface area (TPSA) is 80.3 Å². The average Bonchev–Trinajstić information content (AvgIpc) is 3.46. The fourth-order valence-electron chi connectivity index (χ4n) is 2.44. The van der Waals surface area contributed by atoms with Crippen molar-refractivity contribution in [1.29, 1.82) is 0 Å². The molecule has 0 unspecified atom stereocenters. The van der Waals surface area contributed by atoms with Crippen molar-refractivity contribution in [1.82, 2.24) is 10.3 Å². The number of pyridine rings is 1. The predicted octanol–water partition coefficient (Wildman–Crippen LogP) is 2.76. The van der Waals surface area contributed by atoms with E-state index >= 15 is 0 Å². The molecule has 1 saturated carbocycles. The largest absolute Gasteiger partial charge is 0.477 e. The first-order chi connectivity index (χ1) is 12.2. The zero-order valence-corrected chi connectivity index (χ0v) is 14.1. The van der Waals surface area contributed by atoms with Gasteiger partial charge in [-0.3, -0.25) is 9.59 Å². The molecule has 130 valence electrons. The highest BCUT2D eigenvalue weighted by molar-refractivity contribution is 5.96. The van der Waals surface area contributed by atoms with Crippen LogP contribution in [0.4, 0.5) is 5.69 Å². The van der Waals surface area contributed by atoms with Crippen LogP contribution in [0, 0.1) is 5.92 Å². The summed E-state index contributed by atoms with van der Waals surface area (Å²) in [6.45, 7) is 2.64.